The van der Waals surface area contributed by atoms with Crippen molar-refractivity contribution in [1.29, 1.82) is 0 Å². The molecule has 66 heavy (non-hydrogen) atoms. The van der Waals surface area contributed by atoms with Gasteiger partial charge in [0, 0.05) is 35.3 Å². The highest BCUT2D eigenvalue weighted by Crippen LogP contribution is 2.34. The SMILES string of the molecule is CC(C)Oc1ccc(CCCOc2ccc(CNCCCO[PH](=O)OCCCNCc3ccc(OCCCc4ccc(OC(C)C)c(F)c4)c(-c4ccoc4)c3)cc2-c2ccoc2)cc1F. The molecule has 4 aromatic carbocycles. The van der Waals surface area contributed by atoms with Crippen molar-refractivity contribution in [3.05, 3.63) is 144 Å². The number of hydrogen-bond acceptors (Lipinski definition) is 11. The molecule has 0 bridgehead atoms. The highest BCUT2D eigenvalue weighted by atomic mass is 31.1. The van der Waals surface area contributed by atoms with Gasteiger partial charge in [0.05, 0.1) is 63.7 Å². The lowest BCUT2D eigenvalue weighted by atomic mass is 10.0. The van der Waals surface area contributed by atoms with E-state index >= 15 is 0 Å². The van der Waals surface area contributed by atoms with Gasteiger partial charge in [-0.25, -0.2) is 8.78 Å². The van der Waals surface area contributed by atoms with E-state index in [1.165, 1.54) is 12.1 Å². The molecule has 0 amide bonds. The van der Waals surface area contributed by atoms with Crippen molar-refractivity contribution >= 4 is 8.25 Å². The molecule has 2 heterocycles. The van der Waals surface area contributed by atoms with Gasteiger partial charge in [-0.2, -0.15) is 0 Å². The van der Waals surface area contributed by atoms with Crippen molar-refractivity contribution in [3.8, 4) is 45.3 Å². The molecular weight excluding hydrogens is 866 g/mol. The summed E-state index contributed by atoms with van der Waals surface area (Å²) in [7, 11) is -2.60. The Labute approximate surface area is 388 Å². The molecule has 0 fully saturated rings. The zero-order chi connectivity index (χ0) is 46.5. The van der Waals surface area contributed by atoms with Crippen LogP contribution in [0.2, 0.25) is 0 Å². The van der Waals surface area contributed by atoms with Gasteiger partial charge in [-0.05, 0) is 162 Å². The molecule has 0 radical (unpaired) electrons. The Balaban J connectivity index is 0.831. The molecule has 6 rings (SSSR count). The number of benzene rings is 4. The second kappa shape index (κ2) is 26.6. The number of rotatable bonds is 30. The first kappa shape index (κ1) is 50.0. The summed E-state index contributed by atoms with van der Waals surface area (Å²) in [5, 5.41) is 6.85. The Hall–Kier alpha value is -5.43. The number of nitrogens with one attached hydrogen (secondary N) is 2. The molecule has 0 saturated carbocycles. The molecule has 2 aromatic heterocycles. The first-order valence-corrected chi connectivity index (χ1v) is 24.0. The highest BCUT2D eigenvalue weighted by Gasteiger charge is 2.13. The predicted octanol–water partition coefficient (Wildman–Crippen LogP) is 12.2. The summed E-state index contributed by atoms with van der Waals surface area (Å²) < 4.78 is 86.3. The quantitative estimate of drug-likeness (QED) is 0.0331. The Bertz CT molecular complexity index is 2210. The number of furan rings is 2. The second-order valence-electron chi connectivity index (χ2n) is 16.5. The first-order valence-electron chi connectivity index (χ1n) is 22.8. The fourth-order valence-electron chi connectivity index (χ4n) is 7.14. The summed E-state index contributed by atoms with van der Waals surface area (Å²) >= 11 is 0. The van der Waals surface area contributed by atoms with Crippen LogP contribution in [0.15, 0.2) is 119 Å². The van der Waals surface area contributed by atoms with Gasteiger partial charge in [-0.3, -0.25) is 4.57 Å². The second-order valence-corrected chi connectivity index (χ2v) is 17.5. The molecule has 2 N–H and O–H groups in total. The van der Waals surface area contributed by atoms with Gasteiger partial charge in [0.25, 0.3) is 0 Å². The van der Waals surface area contributed by atoms with E-state index in [2.05, 4.69) is 22.8 Å². The summed E-state index contributed by atoms with van der Waals surface area (Å²) in [4.78, 5) is 0. The highest BCUT2D eigenvalue weighted by molar-refractivity contribution is 7.33. The van der Waals surface area contributed by atoms with E-state index < -0.39 is 8.25 Å². The molecule has 0 aliphatic heterocycles. The van der Waals surface area contributed by atoms with Gasteiger partial charge in [0.2, 0.25) is 0 Å². The maximum Gasteiger partial charge on any atom is 0.319 e. The lowest BCUT2D eigenvalue weighted by Gasteiger charge is -2.14. The molecule has 354 valence electrons. The molecule has 6 aromatic rings. The number of aryl methyl sites for hydroxylation is 2. The fourth-order valence-corrected chi connectivity index (χ4v) is 7.85. The van der Waals surface area contributed by atoms with E-state index in [-0.39, 0.29) is 35.3 Å². The lowest BCUT2D eigenvalue weighted by Crippen LogP contribution is -2.16. The molecule has 0 unspecified atom stereocenters. The Morgan fingerprint density at radius 3 is 1.35 bits per heavy atom. The summed E-state index contributed by atoms with van der Waals surface area (Å²) in [5.41, 5.74) is 7.63. The maximum atomic E-state index is 14.4. The van der Waals surface area contributed by atoms with Crippen LogP contribution in [0.25, 0.3) is 22.3 Å². The van der Waals surface area contributed by atoms with E-state index in [1.54, 1.807) is 37.2 Å². The van der Waals surface area contributed by atoms with Crippen molar-refractivity contribution in [3.63, 3.8) is 0 Å². The zero-order valence-electron chi connectivity index (χ0n) is 38.4. The molecule has 14 heteroatoms. The number of halogens is 2. The van der Waals surface area contributed by atoms with Crippen molar-refractivity contribution in [2.24, 2.45) is 0 Å². The van der Waals surface area contributed by atoms with Gasteiger partial charge in [0.1, 0.15) is 11.5 Å². The average Bonchev–Trinajstić information content (AvgIpc) is 4.05. The summed E-state index contributed by atoms with van der Waals surface area (Å²) in [6, 6.07) is 26.2. The van der Waals surface area contributed by atoms with Crippen molar-refractivity contribution in [2.45, 2.75) is 91.5 Å². The summed E-state index contributed by atoms with van der Waals surface area (Å²) in [6.07, 6.45) is 10.6. The topological polar surface area (TPSA) is 123 Å². The Morgan fingerprint density at radius 1 is 0.530 bits per heavy atom. The number of hydrogen-bond donors (Lipinski definition) is 2. The third kappa shape index (κ3) is 16.5. The molecule has 0 atom stereocenters. The van der Waals surface area contributed by atoms with Crippen LogP contribution in [0.5, 0.6) is 23.0 Å². The van der Waals surface area contributed by atoms with Crippen LogP contribution in [-0.4, -0.2) is 51.7 Å². The molecule has 0 aliphatic rings. The molecule has 0 aliphatic carbocycles. The zero-order valence-corrected chi connectivity index (χ0v) is 39.4. The van der Waals surface area contributed by atoms with E-state index in [0.717, 1.165) is 68.8 Å². The molecular formula is C52H63F2N2O9P. The van der Waals surface area contributed by atoms with Gasteiger partial charge < -0.3 is 47.5 Å². The minimum atomic E-state index is -2.60. The molecule has 0 saturated heterocycles. The van der Waals surface area contributed by atoms with Crippen LogP contribution >= 0.6 is 8.25 Å². The van der Waals surface area contributed by atoms with Gasteiger partial charge in [0.15, 0.2) is 23.1 Å². The van der Waals surface area contributed by atoms with Crippen LogP contribution in [0.1, 0.15) is 75.6 Å². The van der Waals surface area contributed by atoms with Crippen molar-refractivity contribution in [2.75, 3.05) is 39.5 Å². The van der Waals surface area contributed by atoms with E-state index in [0.29, 0.717) is 78.3 Å². The predicted molar refractivity (Wildman–Crippen MR) is 254 cm³/mol. The smallest absolute Gasteiger partial charge is 0.319 e. The third-order valence-electron chi connectivity index (χ3n) is 10.3. The lowest BCUT2D eigenvalue weighted by molar-refractivity contribution is 0.220. The first-order chi connectivity index (χ1) is 32.1. The number of ether oxygens (including phenoxy) is 4. The molecule has 0 spiro atoms. The molecule has 11 nitrogen and oxygen atoms in total. The van der Waals surface area contributed by atoms with Crippen molar-refractivity contribution < 1.29 is 50.2 Å². The van der Waals surface area contributed by atoms with Crippen LogP contribution in [0.3, 0.4) is 0 Å². The van der Waals surface area contributed by atoms with E-state index in [4.69, 9.17) is 36.8 Å². The van der Waals surface area contributed by atoms with Gasteiger partial charge in [-0.15, -0.1) is 0 Å². The van der Waals surface area contributed by atoms with Gasteiger partial charge in [-0.1, -0.05) is 24.3 Å². The monoisotopic (exact) mass is 928 g/mol. The third-order valence-corrected chi connectivity index (χ3v) is 11.2. The Kier molecular flexibility index (Phi) is 20.2. The summed E-state index contributed by atoms with van der Waals surface area (Å²) in [5.74, 6) is 1.32. The maximum absolute atomic E-state index is 14.4. The van der Waals surface area contributed by atoms with Crippen molar-refractivity contribution in [1.82, 2.24) is 10.6 Å². The minimum absolute atomic E-state index is 0.0901. The normalized spacial score (nSPS) is 11.5. The van der Waals surface area contributed by atoms with Crippen LogP contribution in [0.4, 0.5) is 8.78 Å². The van der Waals surface area contributed by atoms with Crippen LogP contribution < -0.4 is 29.6 Å². The standard InChI is InChI=1S/C52H63F2N2O9P/c1-37(2)64-51-17-11-39(31-47(51)53)9-5-23-60-49-15-13-41(29-45(49)43-19-27-58-35-43)33-55-21-7-25-62-66(57)63-26-8-22-56-34-42-14-16-50(46(30-42)44-20-28-59-36-44)61-24-6-10-40-12-18-52(48(54)32-40)65-38(3)4/h11-20,27-32,35-38,55-56,66H,5-10,21-26,33-34H2,1-4H3. The Morgan fingerprint density at radius 2 is 0.955 bits per heavy atom. The largest absolute Gasteiger partial charge is 0.493 e. The van der Waals surface area contributed by atoms with Gasteiger partial charge >= 0.3 is 8.25 Å². The van der Waals surface area contributed by atoms with E-state index in [9.17, 15) is 13.3 Å². The minimum Gasteiger partial charge on any atom is -0.493 e. The van der Waals surface area contributed by atoms with Crippen LogP contribution in [0, 0.1) is 11.6 Å². The average molecular weight is 929 g/mol. The summed E-state index contributed by atoms with van der Waals surface area (Å²) in [6.45, 7) is 11.7. The fraction of sp³-hybridized carbons (Fsp3) is 0.385. The van der Waals surface area contributed by atoms with E-state index in [1.807, 2.05) is 76.2 Å². The van der Waals surface area contributed by atoms with Crippen LogP contribution in [-0.2, 0) is 39.5 Å².